The minimum atomic E-state index is -1.91. The van der Waals surface area contributed by atoms with E-state index in [1.54, 1.807) is 0 Å². The van der Waals surface area contributed by atoms with Gasteiger partial charge in [-0.1, -0.05) is 0 Å². The molecule has 43 heavy (non-hydrogen) atoms. The van der Waals surface area contributed by atoms with Gasteiger partial charge in [-0.3, -0.25) is 0 Å². The fourth-order valence-electron chi connectivity index (χ4n) is 6.85. The van der Waals surface area contributed by atoms with E-state index in [9.17, 15) is 18.6 Å². The Morgan fingerprint density at radius 1 is 1.09 bits per heavy atom. The normalized spacial score (nSPS) is 21.7. The summed E-state index contributed by atoms with van der Waals surface area (Å²) < 4.78 is 35.6. The number of rotatable bonds is 7. The van der Waals surface area contributed by atoms with Crippen LogP contribution in [0.1, 0.15) is 70.0 Å². The van der Waals surface area contributed by atoms with Gasteiger partial charge in [0, 0.05) is 0 Å². The molecule has 1 aliphatic heterocycles. The molecule has 5 nitrogen and oxygen atoms in total. The zero-order valence-electron chi connectivity index (χ0n) is 24.8. The van der Waals surface area contributed by atoms with Crippen LogP contribution in [-0.2, 0) is 14.7 Å². The molecular weight excluding hydrogens is 582 g/mol. The van der Waals surface area contributed by atoms with Gasteiger partial charge in [0.2, 0.25) is 0 Å². The van der Waals surface area contributed by atoms with Crippen molar-refractivity contribution in [3.05, 3.63) is 82.5 Å². The Balaban J connectivity index is 1.50. The monoisotopic (exact) mass is 621 g/mol. The first kappa shape index (κ1) is 30.4. The number of para-hydroxylation sites is 1. The van der Waals surface area contributed by atoms with Gasteiger partial charge < -0.3 is 0 Å². The number of nitrogens with zero attached hydrogens (tertiary/aromatic N) is 1. The van der Waals surface area contributed by atoms with Crippen LogP contribution in [0.3, 0.4) is 0 Å². The molecule has 0 radical (unpaired) electrons. The molecule has 2 atom stereocenters. The first-order valence-electron chi connectivity index (χ1n) is 15.3. The molecule has 2 heterocycles. The second kappa shape index (κ2) is 13.2. The third-order valence-corrected chi connectivity index (χ3v) is 12.0. The summed E-state index contributed by atoms with van der Waals surface area (Å²) in [5.74, 6) is 0.893. The van der Waals surface area contributed by atoms with Crippen molar-refractivity contribution in [2.45, 2.75) is 75.2 Å². The molecule has 2 aliphatic carbocycles. The summed E-state index contributed by atoms with van der Waals surface area (Å²) in [4.78, 5) is 3.35. The molecule has 0 spiro atoms. The van der Waals surface area contributed by atoms with Crippen LogP contribution in [0.15, 0.2) is 76.7 Å². The molecular formula is C35H40FNO4S2. The minimum absolute atomic E-state index is 0.0464. The van der Waals surface area contributed by atoms with Crippen molar-refractivity contribution in [3.63, 3.8) is 0 Å². The molecule has 2 unspecified atom stereocenters. The molecule has 6 rings (SSSR count). The summed E-state index contributed by atoms with van der Waals surface area (Å²) in [5, 5.41) is 19.5. The number of hydrogen-bond donors (Lipinski definition) is 2. The molecule has 8 heteroatoms. The van der Waals surface area contributed by atoms with Gasteiger partial charge in [-0.15, -0.1) is 0 Å². The predicted octanol–water partition coefficient (Wildman–Crippen LogP) is 8.64. The number of hydrogen-bond acceptors (Lipinski definition) is 6. The number of thiophene rings is 1. The summed E-state index contributed by atoms with van der Waals surface area (Å²) in [6.45, 7) is 5.35. The third-order valence-electron chi connectivity index (χ3n) is 9.10. The molecule has 228 valence electrons. The van der Waals surface area contributed by atoms with Crippen molar-refractivity contribution in [1.82, 2.24) is 0 Å². The van der Waals surface area contributed by atoms with Gasteiger partial charge in [-0.05, 0) is 0 Å². The number of aliphatic hydroxyl groups excluding tert-OH is 1. The van der Waals surface area contributed by atoms with Crippen LogP contribution in [0.25, 0.3) is 10.4 Å². The van der Waals surface area contributed by atoms with Crippen LogP contribution in [0.2, 0.25) is 0 Å². The summed E-state index contributed by atoms with van der Waals surface area (Å²) in [6.07, 6.45) is 10.4. The van der Waals surface area contributed by atoms with Crippen LogP contribution < -0.4 is 9.64 Å². The summed E-state index contributed by atoms with van der Waals surface area (Å²) >= 11 is 0.978. The van der Waals surface area contributed by atoms with E-state index < -0.39 is 22.7 Å². The van der Waals surface area contributed by atoms with E-state index in [0.29, 0.717) is 39.5 Å². The van der Waals surface area contributed by atoms with E-state index in [-0.39, 0.29) is 10.1 Å². The van der Waals surface area contributed by atoms with Crippen molar-refractivity contribution in [2.24, 2.45) is 11.8 Å². The molecule has 1 aromatic heterocycles. The summed E-state index contributed by atoms with van der Waals surface area (Å²) in [6, 6.07) is 15.5. The molecule has 0 amide bonds. The Hall–Kier alpha value is -2.62. The van der Waals surface area contributed by atoms with E-state index >= 15 is 0 Å². The molecule has 1 saturated carbocycles. The number of allylic oxidation sites excluding steroid dienone is 2. The van der Waals surface area contributed by atoms with Gasteiger partial charge in [0.15, 0.2) is 0 Å². The van der Waals surface area contributed by atoms with Gasteiger partial charge in [0.25, 0.3) is 0 Å². The van der Waals surface area contributed by atoms with E-state index in [2.05, 4.69) is 43.0 Å². The molecule has 1 fully saturated rings. The molecule has 0 saturated heterocycles. The Morgan fingerprint density at radius 3 is 2.53 bits per heavy atom. The number of halogens is 1. The van der Waals surface area contributed by atoms with Gasteiger partial charge in [0.05, 0.1) is 0 Å². The number of anilines is 2. The van der Waals surface area contributed by atoms with E-state index in [4.69, 9.17) is 4.74 Å². The third kappa shape index (κ3) is 6.59. The zero-order chi connectivity index (χ0) is 30.1. The maximum atomic E-state index is 14.8. The average molecular weight is 622 g/mol. The van der Waals surface area contributed by atoms with Crippen molar-refractivity contribution < 1.29 is 23.4 Å². The van der Waals surface area contributed by atoms with Crippen molar-refractivity contribution in [3.8, 4) is 16.2 Å². The summed E-state index contributed by atoms with van der Waals surface area (Å²) in [7, 11) is -1.32. The fourth-order valence-corrected chi connectivity index (χ4v) is 9.25. The molecule has 3 aliphatic rings. The zero-order valence-corrected chi connectivity index (χ0v) is 26.4. The van der Waals surface area contributed by atoms with Crippen LogP contribution in [0.5, 0.6) is 5.75 Å². The second-order valence-electron chi connectivity index (χ2n) is 12.2. The maximum absolute atomic E-state index is 14.8. The average Bonchev–Trinajstić information content (AvgIpc) is 3.62. The quantitative estimate of drug-likeness (QED) is 0.157. The van der Waals surface area contributed by atoms with Gasteiger partial charge >= 0.3 is 261 Å². The number of benzene rings is 2. The van der Waals surface area contributed by atoms with Gasteiger partial charge in [-0.2, -0.15) is 0 Å². The van der Waals surface area contributed by atoms with Gasteiger partial charge in [-0.25, -0.2) is 0 Å². The van der Waals surface area contributed by atoms with Gasteiger partial charge in [0.1, 0.15) is 0 Å². The van der Waals surface area contributed by atoms with Crippen molar-refractivity contribution >= 4 is 33.4 Å². The van der Waals surface area contributed by atoms with Crippen molar-refractivity contribution in [2.75, 3.05) is 18.1 Å². The SMILES string of the molecule is CC1=CC(COc2cc3c(cc2-c2cc(F)c(C(O)O)s2)[S-](#[O+])C(C)CC(C2CCCCC2)CN3c2ccccc2)=CC1. The van der Waals surface area contributed by atoms with Crippen LogP contribution in [-0.4, -0.2) is 28.6 Å². The van der Waals surface area contributed by atoms with Crippen LogP contribution in [0, 0.1) is 17.7 Å². The number of fused-ring (bicyclic) bond motifs is 1. The van der Waals surface area contributed by atoms with E-state index in [1.807, 2.05) is 30.3 Å². The molecule has 2 N–H and O–H groups in total. The van der Waals surface area contributed by atoms with Crippen LogP contribution in [0.4, 0.5) is 15.8 Å². The topological polar surface area (TPSA) is 72.8 Å². The predicted molar refractivity (Wildman–Crippen MR) is 173 cm³/mol. The standard InChI is InChI=1S/C35H40FNO4S2/c1-22-13-14-24(15-22)21-41-31-19-30-33(17-28(31)32-18-29(36)34(42-32)35(38)39)43(40)23(2)16-26(25-9-5-3-6-10-25)20-37(30)27-11-7-4-8-12-27/h4,7-8,11-12,14-15,17-19,23,25-26,35,38-39H,3,5-6,9-10,13,16,20-21H2,1-2H3. The first-order chi connectivity index (χ1) is 20.8. The summed E-state index contributed by atoms with van der Waals surface area (Å²) in [5.41, 5.74) is 4.84. The Bertz CT molecular complexity index is 1600. The fraction of sp³-hybridized carbons (Fsp3) is 0.429. The van der Waals surface area contributed by atoms with E-state index in [0.717, 1.165) is 47.7 Å². The second-order valence-corrected chi connectivity index (χ2v) is 15.1. The molecule has 3 aromatic rings. The number of aliphatic hydroxyl groups is 2. The van der Waals surface area contributed by atoms with Crippen molar-refractivity contribution in [1.29, 1.82) is 0 Å². The Labute approximate surface area is 259 Å². The Kier molecular flexibility index (Phi) is 9.31. The van der Waals surface area contributed by atoms with E-state index in [1.165, 1.54) is 43.7 Å². The van der Waals surface area contributed by atoms with Crippen LogP contribution >= 0.6 is 11.3 Å². The molecule has 0 bridgehead atoms. The first-order valence-corrected chi connectivity index (χ1v) is 17.4. The number of ether oxygens (including phenoxy) is 1. The Morgan fingerprint density at radius 2 is 1.86 bits per heavy atom. The molecule has 2 aromatic carbocycles.